The van der Waals surface area contributed by atoms with Gasteiger partial charge < -0.3 is 13.9 Å². The van der Waals surface area contributed by atoms with Crippen LogP contribution >= 0.6 is 0 Å². The average molecular weight is 479 g/mol. The van der Waals surface area contributed by atoms with Crippen molar-refractivity contribution in [2.45, 2.75) is 31.5 Å². The van der Waals surface area contributed by atoms with E-state index >= 15 is 0 Å². The quantitative estimate of drug-likeness (QED) is 0.369. The first-order valence-corrected chi connectivity index (χ1v) is 12.3. The normalized spacial score (nSPS) is 11.9. The van der Waals surface area contributed by atoms with Crippen LogP contribution in [0.3, 0.4) is 0 Å². The molecule has 4 aromatic rings. The van der Waals surface area contributed by atoms with Crippen LogP contribution in [0, 0.1) is 0 Å². The molecule has 0 spiro atoms. The zero-order valence-electron chi connectivity index (χ0n) is 19.0. The largest absolute Gasteiger partial charge is 0.468 e. The number of aromatic nitrogens is 2. The second-order valence-electron chi connectivity index (χ2n) is 7.76. The number of carbonyl (C=O) groups excluding carboxylic acids is 1. The minimum Gasteiger partial charge on any atom is -0.468 e. The van der Waals surface area contributed by atoms with Gasteiger partial charge in [-0.25, -0.2) is 18.1 Å². The summed E-state index contributed by atoms with van der Waals surface area (Å²) in [6.07, 6.45) is 4.62. The number of benzene rings is 2. The van der Waals surface area contributed by atoms with E-state index in [1.165, 1.54) is 24.5 Å². The molecule has 2 aromatic carbocycles. The smallest absolute Gasteiger partial charge is 0.246 e. The van der Waals surface area contributed by atoms with Crippen molar-refractivity contribution in [2.75, 3.05) is 7.05 Å². The number of nitrogens with one attached hydrogen (secondary N) is 1. The Morgan fingerprint density at radius 2 is 1.88 bits per heavy atom. The van der Waals surface area contributed by atoms with E-state index in [1.54, 1.807) is 42.3 Å². The molecule has 0 atom stereocenters. The van der Waals surface area contributed by atoms with Crippen LogP contribution in [-0.2, 0) is 34.5 Å². The van der Waals surface area contributed by atoms with E-state index in [4.69, 9.17) is 4.42 Å². The second-order valence-corrected chi connectivity index (χ2v) is 9.53. The number of furan rings is 1. The van der Waals surface area contributed by atoms with Crippen molar-refractivity contribution in [3.8, 4) is 0 Å². The fraction of sp³-hybridized carbons (Fsp3) is 0.200. The van der Waals surface area contributed by atoms with E-state index in [2.05, 4.69) is 21.2 Å². The molecule has 0 saturated heterocycles. The number of imidazole rings is 1. The van der Waals surface area contributed by atoms with E-state index in [0.29, 0.717) is 17.9 Å². The summed E-state index contributed by atoms with van der Waals surface area (Å²) in [5.41, 5.74) is 2.67. The van der Waals surface area contributed by atoms with E-state index in [-0.39, 0.29) is 17.3 Å². The van der Waals surface area contributed by atoms with Gasteiger partial charge in [0.25, 0.3) is 0 Å². The molecule has 1 amide bonds. The van der Waals surface area contributed by atoms with E-state index < -0.39 is 10.0 Å². The summed E-state index contributed by atoms with van der Waals surface area (Å²) in [6, 6.07) is 17.6. The van der Waals surface area contributed by atoms with Crippen LogP contribution in [0.1, 0.15) is 24.1 Å². The van der Waals surface area contributed by atoms with Gasteiger partial charge in [0.1, 0.15) is 11.6 Å². The first kappa shape index (κ1) is 23.5. The maximum absolute atomic E-state index is 12.6. The van der Waals surface area contributed by atoms with Crippen LogP contribution < -0.4 is 4.72 Å². The molecule has 4 rings (SSSR count). The predicted octanol–water partition coefficient (Wildman–Crippen LogP) is 3.80. The maximum atomic E-state index is 12.6. The fourth-order valence-corrected chi connectivity index (χ4v) is 4.60. The third kappa shape index (κ3) is 5.27. The van der Waals surface area contributed by atoms with Gasteiger partial charge in [-0.1, -0.05) is 24.3 Å². The molecule has 2 aromatic heterocycles. The topological polar surface area (TPSA) is 97.4 Å². The second kappa shape index (κ2) is 10.1. The van der Waals surface area contributed by atoms with Gasteiger partial charge in [0.05, 0.1) is 35.3 Å². The minimum atomic E-state index is -3.67. The highest BCUT2D eigenvalue weighted by Crippen LogP contribution is 2.17. The van der Waals surface area contributed by atoms with Crippen molar-refractivity contribution >= 4 is 33.0 Å². The Morgan fingerprint density at radius 3 is 2.59 bits per heavy atom. The first-order valence-electron chi connectivity index (χ1n) is 10.9. The Hall–Kier alpha value is -3.69. The highest BCUT2D eigenvalue weighted by atomic mass is 32.2. The standard InChI is InChI=1S/C25H26N4O4S/c1-3-29-23-9-5-4-8-22(23)27-24(29)18-28(2)25(30)15-12-19-10-13-21(14-11-19)34(31,32)26-17-20-7-6-16-33-20/h4-16,26H,3,17-18H2,1-2H3/b15-12+. The van der Waals surface area contributed by atoms with Crippen LogP contribution in [0.15, 0.2) is 82.3 Å². The zero-order chi connectivity index (χ0) is 24.1. The van der Waals surface area contributed by atoms with Crippen molar-refractivity contribution in [3.63, 3.8) is 0 Å². The third-order valence-electron chi connectivity index (χ3n) is 5.43. The van der Waals surface area contributed by atoms with Crippen LogP contribution in [0.25, 0.3) is 17.1 Å². The van der Waals surface area contributed by atoms with Crippen LogP contribution in [0.5, 0.6) is 0 Å². The van der Waals surface area contributed by atoms with Gasteiger partial charge in [0.2, 0.25) is 15.9 Å². The number of fused-ring (bicyclic) bond motifs is 1. The van der Waals surface area contributed by atoms with Gasteiger partial charge in [-0.05, 0) is 55.0 Å². The molecule has 0 saturated carbocycles. The van der Waals surface area contributed by atoms with Crippen LogP contribution in [0.4, 0.5) is 0 Å². The van der Waals surface area contributed by atoms with Crippen molar-refractivity contribution in [1.82, 2.24) is 19.2 Å². The van der Waals surface area contributed by atoms with Crippen LogP contribution in [0.2, 0.25) is 0 Å². The Morgan fingerprint density at radius 1 is 1.12 bits per heavy atom. The molecule has 0 aliphatic heterocycles. The highest BCUT2D eigenvalue weighted by molar-refractivity contribution is 7.89. The number of carbonyl (C=O) groups is 1. The molecule has 0 aliphatic carbocycles. The number of aryl methyl sites for hydroxylation is 1. The van der Waals surface area contributed by atoms with Gasteiger partial charge in [-0.15, -0.1) is 0 Å². The van der Waals surface area contributed by atoms with Gasteiger partial charge in [-0.3, -0.25) is 4.79 Å². The molecular formula is C25H26N4O4S. The summed E-state index contributed by atoms with van der Waals surface area (Å²) < 4.78 is 34.6. The van der Waals surface area contributed by atoms with E-state index in [1.807, 2.05) is 24.3 Å². The third-order valence-corrected chi connectivity index (χ3v) is 6.85. The molecule has 0 radical (unpaired) electrons. The summed E-state index contributed by atoms with van der Waals surface area (Å²) in [4.78, 5) is 19.0. The Kier molecular flexibility index (Phi) is 6.95. The molecular weight excluding hydrogens is 452 g/mol. The maximum Gasteiger partial charge on any atom is 0.246 e. The summed E-state index contributed by atoms with van der Waals surface area (Å²) in [5, 5.41) is 0. The highest BCUT2D eigenvalue weighted by Gasteiger charge is 2.15. The molecule has 0 bridgehead atoms. The van der Waals surface area contributed by atoms with Crippen molar-refractivity contribution < 1.29 is 17.6 Å². The fourth-order valence-electron chi connectivity index (χ4n) is 3.60. The number of nitrogens with zero attached hydrogens (tertiary/aromatic N) is 3. The molecule has 8 nitrogen and oxygen atoms in total. The predicted molar refractivity (Wildman–Crippen MR) is 130 cm³/mol. The molecule has 9 heteroatoms. The molecule has 34 heavy (non-hydrogen) atoms. The summed E-state index contributed by atoms with van der Waals surface area (Å²) >= 11 is 0. The van der Waals surface area contributed by atoms with Crippen molar-refractivity contribution in [1.29, 1.82) is 0 Å². The number of amides is 1. The Balaban J connectivity index is 1.39. The van der Waals surface area contributed by atoms with E-state index in [9.17, 15) is 13.2 Å². The number of likely N-dealkylation sites (N-methyl/N-ethyl adjacent to an activating group) is 1. The van der Waals surface area contributed by atoms with Crippen molar-refractivity contribution in [3.05, 3.63) is 90.2 Å². The number of hydrogen-bond acceptors (Lipinski definition) is 5. The minimum absolute atomic E-state index is 0.0731. The Labute approximate surface area is 198 Å². The molecule has 2 heterocycles. The Bertz CT molecular complexity index is 1410. The van der Waals surface area contributed by atoms with Crippen molar-refractivity contribution in [2.24, 2.45) is 0 Å². The monoisotopic (exact) mass is 478 g/mol. The molecule has 0 unspecified atom stereocenters. The van der Waals surface area contributed by atoms with Gasteiger partial charge in [0.15, 0.2) is 0 Å². The van der Waals surface area contributed by atoms with Gasteiger partial charge >= 0.3 is 0 Å². The molecule has 0 fully saturated rings. The first-order chi connectivity index (χ1) is 16.4. The number of para-hydroxylation sites is 2. The lowest BCUT2D eigenvalue weighted by Gasteiger charge is -2.15. The van der Waals surface area contributed by atoms with Gasteiger partial charge in [-0.2, -0.15) is 0 Å². The summed E-state index contributed by atoms with van der Waals surface area (Å²) in [7, 11) is -1.94. The molecule has 0 aliphatic rings. The zero-order valence-corrected chi connectivity index (χ0v) is 19.8. The van der Waals surface area contributed by atoms with Gasteiger partial charge in [0, 0.05) is 19.7 Å². The SMILES string of the molecule is CCn1c(CN(C)C(=O)/C=C/c2ccc(S(=O)(=O)NCc3ccco3)cc2)nc2ccccc21. The van der Waals surface area contributed by atoms with E-state index in [0.717, 1.165) is 23.4 Å². The molecule has 176 valence electrons. The summed E-state index contributed by atoms with van der Waals surface area (Å²) in [5.74, 6) is 1.18. The lowest BCUT2D eigenvalue weighted by atomic mass is 10.2. The summed E-state index contributed by atoms with van der Waals surface area (Å²) in [6.45, 7) is 3.27. The lowest BCUT2D eigenvalue weighted by Crippen LogP contribution is -2.26. The number of sulfonamides is 1. The number of hydrogen-bond donors (Lipinski definition) is 1. The molecule has 1 N–H and O–H groups in total. The van der Waals surface area contributed by atoms with Crippen LogP contribution in [-0.4, -0.2) is 35.8 Å². The number of rotatable bonds is 9. The lowest BCUT2D eigenvalue weighted by molar-refractivity contribution is -0.125. The average Bonchev–Trinajstić information content (AvgIpc) is 3.48.